The van der Waals surface area contributed by atoms with E-state index in [2.05, 4.69) is 4.98 Å². The van der Waals surface area contributed by atoms with Crippen LogP contribution in [0.4, 0.5) is 13.2 Å². The van der Waals surface area contributed by atoms with Crippen molar-refractivity contribution < 1.29 is 13.2 Å². The number of benzene rings is 1. The van der Waals surface area contributed by atoms with Crippen LogP contribution in [0.3, 0.4) is 0 Å². The van der Waals surface area contributed by atoms with Gasteiger partial charge in [0.05, 0.1) is 11.3 Å². The molecule has 0 aliphatic heterocycles. The molecule has 0 radical (unpaired) electrons. The molecule has 0 aliphatic carbocycles. The molecule has 0 fully saturated rings. The van der Waals surface area contributed by atoms with Crippen LogP contribution in [0.1, 0.15) is 11.5 Å². The Morgan fingerprint density at radius 3 is 2.28 bits per heavy atom. The summed E-state index contributed by atoms with van der Waals surface area (Å²) in [5.74, 6) is -1.27. The summed E-state index contributed by atoms with van der Waals surface area (Å²) in [6.45, 7) is 1.38. The molecule has 1 aromatic carbocycles. The van der Waals surface area contributed by atoms with Crippen molar-refractivity contribution in [2.45, 2.75) is 13.1 Å². The number of nitrogens with one attached hydrogen (secondary N) is 1. The molecular weight excluding hydrogens is 245 g/mol. The van der Waals surface area contributed by atoms with Gasteiger partial charge in [-0.2, -0.15) is 13.2 Å². The lowest BCUT2D eigenvalue weighted by Gasteiger charge is -2.09. The molecule has 0 amide bonds. The van der Waals surface area contributed by atoms with E-state index < -0.39 is 17.6 Å². The molecular formula is C12H9F3N2O. The number of aromatic amines is 1. The van der Waals surface area contributed by atoms with Gasteiger partial charge in [0.15, 0.2) is 0 Å². The van der Waals surface area contributed by atoms with Gasteiger partial charge in [0, 0.05) is 0 Å². The van der Waals surface area contributed by atoms with Gasteiger partial charge in [0.1, 0.15) is 0 Å². The van der Waals surface area contributed by atoms with E-state index in [1.165, 1.54) is 6.92 Å². The summed E-state index contributed by atoms with van der Waals surface area (Å²) in [7, 11) is 0. The van der Waals surface area contributed by atoms with Gasteiger partial charge < -0.3 is 4.98 Å². The van der Waals surface area contributed by atoms with Gasteiger partial charge in [-0.3, -0.25) is 4.79 Å². The molecule has 3 nitrogen and oxygen atoms in total. The SMILES string of the molecule is Cc1nc(C(F)(F)F)[nH]c(=O)c1-c1ccccc1. The zero-order valence-corrected chi connectivity index (χ0v) is 9.38. The highest BCUT2D eigenvalue weighted by atomic mass is 19.4. The third-order valence-electron chi connectivity index (χ3n) is 2.43. The van der Waals surface area contributed by atoms with E-state index in [9.17, 15) is 18.0 Å². The molecule has 0 spiro atoms. The minimum atomic E-state index is -4.65. The van der Waals surface area contributed by atoms with Gasteiger partial charge in [-0.05, 0) is 12.5 Å². The Hall–Kier alpha value is -2.11. The van der Waals surface area contributed by atoms with Gasteiger partial charge in [-0.1, -0.05) is 30.3 Å². The highest BCUT2D eigenvalue weighted by molar-refractivity contribution is 5.64. The Morgan fingerprint density at radius 1 is 1.17 bits per heavy atom. The van der Waals surface area contributed by atoms with Crippen LogP contribution in [0.15, 0.2) is 35.1 Å². The van der Waals surface area contributed by atoms with Crippen LogP contribution in [0.5, 0.6) is 0 Å². The van der Waals surface area contributed by atoms with Crippen LogP contribution in [-0.4, -0.2) is 9.97 Å². The molecule has 0 aliphatic rings. The second-order valence-electron chi connectivity index (χ2n) is 3.74. The van der Waals surface area contributed by atoms with Gasteiger partial charge in [0.2, 0.25) is 5.82 Å². The maximum atomic E-state index is 12.4. The van der Waals surface area contributed by atoms with Crippen molar-refractivity contribution in [1.29, 1.82) is 0 Å². The second kappa shape index (κ2) is 4.29. The molecule has 2 aromatic rings. The number of hydrogen-bond acceptors (Lipinski definition) is 2. The van der Waals surface area contributed by atoms with E-state index in [1.54, 1.807) is 35.3 Å². The summed E-state index contributed by atoms with van der Waals surface area (Å²) in [5, 5.41) is 0. The summed E-state index contributed by atoms with van der Waals surface area (Å²) >= 11 is 0. The second-order valence-corrected chi connectivity index (χ2v) is 3.74. The minimum absolute atomic E-state index is 0.0530. The topological polar surface area (TPSA) is 45.8 Å². The zero-order chi connectivity index (χ0) is 13.3. The number of rotatable bonds is 1. The van der Waals surface area contributed by atoms with E-state index in [4.69, 9.17) is 0 Å². The highest BCUT2D eigenvalue weighted by Crippen LogP contribution is 2.26. The van der Waals surface area contributed by atoms with Gasteiger partial charge in [0.25, 0.3) is 5.56 Å². The van der Waals surface area contributed by atoms with E-state index in [0.29, 0.717) is 5.56 Å². The van der Waals surface area contributed by atoms with E-state index in [-0.39, 0.29) is 11.3 Å². The fourth-order valence-corrected chi connectivity index (χ4v) is 1.66. The normalized spacial score (nSPS) is 11.6. The third kappa shape index (κ3) is 2.27. The first-order valence-corrected chi connectivity index (χ1v) is 5.13. The Balaban J connectivity index is 2.63. The van der Waals surface area contributed by atoms with Gasteiger partial charge in [-0.15, -0.1) is 0 Å². The standard InChI is InChI=1S/C12H9F3N2O/c1-7-9(8-5-3-2-4-6-8)10(18)17-11(16-7)12(13,14)15/h2-6H,1H3,(H,16,17,18). The number of nitrogens with zero attached hydrogens (tertiary/aromatic N) is 1. The first-order valence-electron chi connectivity index (χ1n) is 5.13. The Labute approximate surface area is 100 Å². The first-order chi connectivity index (χ1) is 8.39. The highest BCUT2D eigenvalue weighted by Gasteiger charge is 2.34. The van der Waals surface area contributed by atoms with Crippen molar-refractivity contribution in [2.75, 3.05) is 0 Å². The van der Waals surface area contributed by atoms with Crippen LogP contribution in [-0.2, 0) is 6.18 Å². The average Bonchev–Trinajstić information content (AvgIpc) is 2.28. The molecule has 0 bridgehead atoms. The predicted octanol–water partition coefficient (Wildman–Crippen LogP) is 2.76. The lowest BCUT2D eigenvalue weighted by atomic mass is 10.1. The summed E-state index contributed by atoms with van der Waals surface area (Å²) in [4.78, 5) is 16.9. The average molecular weight is 254 g/mol. The van der Waals surface area contributed by atoms with Crippen LogP contribution in [0, 0.1) is 6.92 Å². The molecule has 94 valence electrons. The van der Waals surface area contributed by atoms with Gasteiger partial charge in [-0.25, -0.2) is 4.98 Å². The fourth-order valence-electron chi connectivity index (χ4n) is 1.66. The molecule has 18 heavy (non-hydrogen) atoms. The maximum absolute atomic E-state index is 12.4. The van der Waals surface area contributed by atoms with Crippen LogP contribution in [0.2, 0.25) is 0 Å². The number of aryl methyl sites for hydroxylation is 1. The van der Waals surface area contributed by atoms with Crippen molar-refractivity contribution in [3.05, 3.63) is 52.2 Å². The molecule has 0 saturated heterocycles. The summed E-state index contributed by atoms with van der Waals surface area (Å²) in [6, 6.07) is 8.45. The van der Waals surface area contributed by atoms with E-state index >= 15 is 0 Å². The Kier molecular flexibility index (Phi) is 2.94. The summed E-state index contributed by atoms with van der Waals surface area (Å²) in [6.07, 6.45) is -4.65. The quantitative estimate of drug-likeness (QED) is 0.850. The Morgan fingerprint density at radius 2 is 1.78 bits per heavy atom. The van der Waals surface area contributed by atoms with Crippen molar-refractivity contribution in [1.82, 2.24) is 9.97 Å². The molecule has 0 saturated carbocycles. The predicted molar refractivity (Wildman–Crippen MR) is 60.0 cm³/mol. The first kappa shape index (κ1) is 12.3. The molecule has 6 heteroatoms. The molecule has 1 heterocycles. The molecule has 0 atom stereocenters. The van der Waals surface area contributed by atoms with Crippen molar-refractivity contribution >= 4 is 0 Å². The van der Waals surface area contributed by atoms with Crippen LogP contribution in [0.25, 0.3) is 11.1 Å². The number of halogens is 3. The van der Waals surface area contributed by atoms with Crippen LogP contribution >= 0.6 is 0 Å². The fraction of sp³-hybridized carbons (Fsp3) is 0.167. The molecule has 1 N–H and O–H groups in total. The number of H-pyrrole nitrogens is 1. The van der Waals surface area contributed by atoms with Crippen LogP contribution < -0.4 is 5.56 Å². The van der Waals surface area contributed by atoms with Crippen molar-refractivity contribution in [2.24, 2.45) is 0 Å². The van der Waals surface area contributed by atoms with Crippen molar-refractivity contribution in [3.8, 4) is 11.1 Å². The van der Waals surface area contributed by atoms with E-state index in [1.807, 2.05) is 0 Å². The van der Waals surface area contributed by atoms with Gasteiger partial charge >= 0.3 is 6.18 Å². The number of hydrogen-bond donors (Lipinski definition) is 1. The smallest absolute Gasteiger partial charge is 0.302 e. The lowest BCUT2D eigenvalue weighted by Crippen LogP contribution is -2.21. The minimum Gasteiger partial charge on any atom is -0.302 e. The van der Waals surface area contributed by atoms with Crippen molar-refractivity contribution in [3.63, 3.8) is 0 Å². The molecule has 1 aromatic heterocycles. The molecule has 2 rings (SSSR count). The monoisotopic (exact) mass is 254 g/mol. The largest absolute Gasteiger partial charge is 0.449 e. The summed E-state index contributed by atoms with van der Waals surface area (Å²) in [5.41, 5.74) is -0.0422. The summed E-state index contributed by atoms with van der Waals surface area (Å²) < 4.78 is 37.3. The molecule has 0 unspecified atom stereocenters. The number of alkyl halides is 3. The van der Waals surface area contributed by atoms with E-state index in [0.717, 1.165) is 0 Å². The Bertz CT molecular complexity index is 617. The zero-order valence-electron chi connectivity index (χ0n) is 9.38. The maximum Gasteiger partial charge on any atom is 0.449 e. The number of aromatic nitrogens is 2. The third-order valence-corrected chi connectivity index (χ3v) is 2.43. The lowest BCUT2D eigenvalue weighted by molar-refractivity contribution is -0.145.